The van der Waals surface area contributed by atoms with Gasteiger partial charge in [0.05, 0.1) is 11.6 Å². The van der Waals surface area contributed by atoms with E-state index in [0.717, 1.165) is 4.31 Å². The number of nitrogens with two attached hydrogens (primary N) is 1. The van der Waals surface area contributed by atoms with Crippen LogP contribution in [0.25, 0.3) is 0 Å². The second-order valence-electron chi connectivity index (χ2n) is 4.93. The van der Waals surface area contributed by atoms with E-state index < -0.39 is 28.7 Å². The SMILES string of the molecule is Nc1ccc(Br)cc1S(=O)(=O)N1CCCC(C(F)(F)F)C1. The summed E-state index contributed by atoms with van der Waals surface area (Å²) in [6.07, 6.45) is -4.27. The van der Waals surface area contributed by atoms with Crippen LogP contribution in [0, 0.1) is 5.92 Å². The topological polar surface area (TPSA) is 63.4 Å². The van der Waals surface area contributed by atoms with E-state index in [0.29, 0.717) is 4.47 Å². The minimum Gasteiger partial charge on any atom is -0.398 e. The van der Waals surface area contributed by atoms with Gasteiger partial charge in [0.15, 0.2) is 0 Å². The number of hydrogen-bond donors (Lipinski definition) is 1. The lowest BCUT2D eigenvalue weighted by molar-refractivity contribution is -0.182. The largest absolute Gasteiger partial charge is 0.398 e. The molecule has 21 heavy (non-hydrogen) atoms. The Bertz CT molecular complexity index is 634. The first kappa shape index (κ1) is 16.6. The number of rotatable bonds is 2. The van der Waals surface area contributed by atoms with Crippen LogP contribution in [-0.4, -0.2) is 32.0 Å². The minimum atomic E-state index is -4.39. The minimum absolute atomic E-state index is 0.0207. The van der Waals surface area contributed by atoms with Crippen molar-refractivity contribution >= 4 is 31.6 Å². The van der Waals surface area contributed by atoms with E-state index in [-0.39, 0.29) is 30.0 Å². The van der Waals surface area contributed by atoms with Gasteiger partial charge in [0.2, 0.25) is 10.0 Å². The smallest absolute Gasteiger partial charge is 0.393 e. The molecular weight excluding hydrogens is 373 g/mol. The molecule has 1 aliphatic heterocycles. The highest BCUT2D eigenvalue weighted by molar-refractivity contribution is 9.10. The standard InChI is InChI=1S/C12H14BrF3N2O2S/c13-9-3-4-10(17)11(6-9)21(19,20)18-5-1-2-8(7-18)12(14,15)16/h3-4,6,8H,1-2,5,7,17H2. The monoisotopic (exact) mass is 386 g/mol. The van der Waals surface area contributed by atoms with E-state index >= 15 is 0 Å². The maximum absolute atomic E-state index is 12.8. The predicted octanol–water partition coefficient (Wildman–Crippen LogP) is 2.99. The normalized spacial score (nSPS) is 21.4. The summed E-state index contributed by atoms with van der Waals surface area (Å²) >= 11 is 3.14. The molecule has 0 radical (unpaired) electrons. The Labute approximate surface area is 129 Å². The van der Waals surface area contributed by atoms with Crippen LogP contribution >= 0.6 is 15.9 Å². The molecule has 9 heteroatoms. The average Bonchev–Trinajstić information content (AvgIpc) is 2.40. The Kier molecular flexibility index (Phi) is 4.55. The summed E-state index contributed by atoms with van der Waals surface area (Å²) < 4.78 is 64.7. The number of sulfonamides is 1. The zero-order valence-electron chi connectivity index (χ0n) is 10.9. The molecule has 1 aromatic carbocycles. The molecule has 0 saturated carbocycles. The van der Waals surface area contributed by atoms with E-state index in [4.69, 9.17) is 5.73 Å². The van der Waals surface area contributed by atoms with Gasteiger partial charge in [-0.3, -0.25) is 0 Å². The van der Waals surface area contributed by atoms with Crippen LogP contribution in [0.2, 0.25) is 0 Å². The highest BCUT2D eigenvalue weighted by atomic mass is 79.9. The van der Waals surface area contributed by atoms with Gasteiger partial charge in [-0.15, -0.1) is 0 Å². The summed E-state index contributed by atoms with van der Waals surface area (Å²) in [4.78, 5) is -0.167. The Hall–Kier alpha value is -0.800. The molecule has 2 N–H and O–H groups in total. The quantitative estimate of drug-likeness (QED) is 0.794. The lowest BCUT2D eigenvalue weighted by Gasteiger charge is -2.33. The summed E-state index contributed by atoms with van der Waals surface area (Å²) in [6, 6.07) is 4.28. The van der Waals surface area contributed by atoms with Gasteiger partial charge >= 0.3 is 6.18 Å². The summed E-state index contributed by atoms with van der Waals surface area (Å²) in [7, 11) is -4.03. The number of nitrogen functional groups attached to an aromatic ring is 1. The highest BCUT2D eigenvalue weighted by Crippen LogP contribution is 2.36. The molecule has 1 fully saturated rings. The molecular formula is C12H14BrF3N2O2S. The Balaban J connectivity index is 2.33. The molecule has 1 atom stereocenters. The van der Waals surface area contributed by atoms with Gasteiger partial charge in [0.1, 0.15) is 4.90 Å². The van der Waals surface area contributed by atoms with Crippen molar-refractivity contribution in [3.63, 3.8) is 0 Å². The zero-order chi connectivity index (χ0) is 15.8. The molecule has 1 aliphatic rings. The number of hydrogen-bond acceptors (Lipinski definition) is 3. The van der Waals surface area contributed by atoms with Crippen molar-refractivity contribution in [1.82, 2.24) is 4.31 Å². The lowest BCUT2D eigenvalue weighted by Crippen LogP contribution is -2.44. The molecule has 118 valence electrons. The number of piperidine rings is 1. The first-order valence-corrected chi connectivity index (χ1v) is 8.47. The van der Waals surface area contributed by atoms with Gasteiger partial charge in [0.25, 0.3) is 0 Å². The number of anilines is 1. The Morgan fingerprint density at radius 3 is 2.62 bits per heavy atom. The second kappa shape index (κ2) is 5.77. The fourth-order valence-corrected chi connectivity index (χ4v) is 4.48. The van der Waals surface area contributed by atoms with Crippen LogP contribution in [0.4, 0.5) is 18.9 Å². The van der Waals surface area contributed by atoms with Crippen molar-refractivity contribution in [1.29, 1.82) is 0 Å². The maximum atomic E-state index is 12.8. The molecule has 0 spiro atoms. The Morgan fingerprint density at radius 1 is 1.33 bits per heavy atom. The number of benzene rings is 1. The van der Waals surface area contributed by atoms with E-state index in [1.54, 1.807) is 6.07 Å². The molecule has 0 bridgehead atoms. The summed E-state index contributed by atoms with van der Waals surface area (Å²) in [6.45, 7) is -0.487. The van der Waals surface area contributed by atoms with E-state index in [1.165, 1.54) is 12.1 Å². The third kappa shape index (κ3) is 3.51. The van der Waals surface area contributed by atoms with E-state index in [2.05, 4.69) is 15.9 Å². The fraction of sp³-hybridized carbons (Fsp3) is 0.500. The van der Waals surface area contributed by atoms with Crippen LogP contribution < -0.4 is 5.73 Å². The van der Waals surface area contributed by atoms with Crippen molar-refractivity contribution in [2.75, 3.05) is 18.8 Å². The average molecular weight is 387 g/mol. The molecule has 2 rings (SSSR count). The maximum Gasteiger partial charge on any atom is 0.393 e. The van der Waals surface area contributed by atoms with Crippen LogP contribution in [0.15, 0.2) is 27.6 Å². The third-order valence-corrected chi connectivity index (χ3v) is 5.85. The molecule has 1 aromatic rings. The van der Waals surface area contributed by atoms with Crippen molar-refractivity contribution in [2.45, 2.75) is 23.9 Å². The van der Waals surface area contributed by atoms with Gasteiger partial charge in [0, 0.05) is 17.6 Å². The number of halogens is 4. The van der Waals surface area contributed by atoms with Gasteiger partial charge in [-0.2, -0.15) is 17.5 Å². The van der Waals surface area contributed by atoms with Crippen LogP contribution in [0.5, 0.6) is 0 Å². The van der Waals surface area contributed by atoms with E-state index in [9.17, 15) is 21.6 Å². The number of alkyl halides is 3. The molecule has 1 heterocycles. The fourth-order valence-electron chi connectivity index (χ4n) is 2.30. The molecule has 1 unspecified atom stereocenters. The first-order valence-electron chi connectivity index (χ1n) is 6.24. The van der Waals surface area contributed by atoms with Crippen molar-refractivity contribution in [2.24, 2.45) is 5.92 Å². The van der Waals surface area contributed by atoms with Gasteiger partial charge in [-0.05, 0) is 31.0 Å². The zero-order valence-corrected chi connectivity index (χ0v) is 13.3. The van der Waals surface area contributed by atoms with Crippen LogP contribution in [0.3, 0.4) is 0 Å². The summed E-state index contributed by atoms with van der Waals surface area (Å²) in [5.74, 6) is -1.63. The molecule has 0 aromatic heterocycles. The van der Waals surface area contributed by atoms with Crippen LogP contribution in [0.1, 0.15) is 12.8 Å². The Morgan fingerprint density at radius 2 is 2.00 bits per heavy atom. The van der Waals surface area contributed by atoms with Gasteiger partial charge in [-0.1, -0.05) is 15.9 Å². The third-order valence-electron chi connectivity index (χ3n) is 3.44. The molecule has 1 saturated heterocycles. The van der Waals surface area contributed by atoms with Crippen molar-refractivity contribution in [3.8, 4) is 0 Å². The predicted molar refractivity (Wildman–Crippen MR) is 76.1 cm³/mol. The van der Waals surface area contributed by atoms with Gasteiger partial charge in [-0.25, -0.2) is 8.42 Å². The van der Waals surface area contributed by atoms with E-state index in [1.807, 2.05) is 0 Å². The molecule has 4 nitrogen and oxygen atoms in total. The number of nitrogens with zero attached hydrogens (tertiary/aromatic N) is 1. The van der Waals surface area contributed by atoms with Gasteiger partial charge < -0.3 is 5.73 Å². The summed E-state index contributed by atoms with van der Waals surface area (Å²) in [5.41, 5.74) is 5.67. The first-order chi connectivity index (χ1) is 9.62. The second-order valence-corrected chi connectivity index (χ2v) is 7.75. The molecule has 0 aliphatic carbocycles. The lowest BCUT2D eigenvalue weighted by atomic mass is 9.99. The summed E-state index contributed by atoms with van der Waals surface area (Å²) in [5, 5.41) is 0. The van der Waals surface area contributed by atoms with Crippen LogP contribution in [-0.2, 0) is 10.0 Å². The molecule has 0 amide bonds. The van der Waals surface area contributed by atoms with Crippen molar-refractivity contribution in [3.05, 3.63) is 22.7 Å². The highest BCUT2D eigenvalue weighted by Gasteiger charge is 2.44. The van der Waals surface area contributed by atoms with Crippen molar-refractivity contribution < 1.29 is 21.6 Å².